The highest BCUT2D eigenvalue weighted by atomic mass is 16.6. The molecule has 0 spiro atoms. The maximum atomic E-state index is 11.7. The molecule has 96 valence electrons. The molecule has 0 aliphatic heterocycles. The normalized spacial score (nSPS) is 10.7. The third-order valence-electron chi connectivity index (χ3n) is 2.30. The number of aromatic amines is 1. The lowest BCUT2D eigenvalue weighted by molar-refractivity contribution is 0.0313. The van der Waals surface area contributed by atoms with Crippen molar-refractivity contribution in [1.29, 1.82) is 0 Å². The molecule has 6 heteroatoms. The minimum absolute atomic E-state index is 0.235. The summed E-state index contributed by atoms with van der Waals surface area (Å²) in [4.78, 5) is 22.6. The second kappa shape index (κ2) is 6.11. The number of hydrogen-bond acceptors (Lipinski definition) is 5. The Labute approximate surface area is 104 Å². The summed E-state index contributed by atoms with van der Waals surface area (Å²) < 4.78 is 10.2. The van der Waals surface area contributed by atoms with E-state index in [-0.39, 0.29) is 12.3 Å². The fraction of sp³-hybridized carbons (Fsp3) is 0.417. The summed E-state index contributed by atoms with van der Waals surface area (Å²) in [6.45, 7) is 3.34. The predicted octanol–water partition coefficient (Wildman–Crippen LogP) is 1.54. The van der Waals surface area contributed by atoms with E-state index in [1.54, 1.807) is 12.1 Å². The van der Waals surface area contributed by atoms with Crippen LogP contribution in [0.3, 0.4) is 0 Å². The van der Waals surface area contributed by atoms with Crippen molar-refractivity contribution in [1.82, 2.24) is 15.0 Å². The standard InChI is InChI=1S/C12H15N3O3/c1-2-5-17-6-7-18-12(16)10-4-3-9-11(15-10)14-8-13-9/h3-4,8H,2,5-7H2,1H3,(H,13,14,15). The van der Waals surface area contributed by atoms with E-state index in [2.05, 4.69) is 15.0 Å². The number of ether oxygens (including phenoxy) is 2. The van der Waals surface area contributed by atoms with Gasteiger partial charge in [-0.05, 0) is 18.6 Å². The van der Waals surface area contributed by atoms with Gasteiger partial charge in [0.05, 0.1) is 18.5 Å². The molecule has 0 amide bonds. The van der Waals surface area contributed by atoms with E-state index in [0.717, 1.165) is 11.9 Å². The second-order valence-corrected chi connectivity index (χ2v) is 3.72. The molecular formula is C12H15N3O3. The zero-order valence-corrected chi connectivity index (χ0v) is 10.2. The molecule has 18 heavy (non-hydrogen) atoms. The van der Waals surface area contributed by atoms with Gasteiger partial charge in [-0.2, -0.15) is 0 Å². The highest BCUT2D eigenvalue weighted by Gasteiger charge is 2.10. The predicted molar refractivity (Wildman–Crippen MR) is 65.3 cm³/mol. The van der Waals surface area contributed by atoms with Crippen LogP contribution in [0.2, 0.25) is 0 Å². The van der Waals surface area contributed by atoms with Crippen molar-refractivity contribution in [2.24, 2.45) is 0 Å². The number of pyridine rings is 1. The molecule has 0 bridgehead atoms. The first-order valence-corrected chi connectivity index (χ1v) is 5.86. The molecular weight excluding hydrogens is 234 g/mol. The summed E-state index contributed by atoms with van der Waals surface area (Å²) in [7, 11) is 0. The van der Waals surface area contributed by atoms with Crippen molar-refractivity contribution >= 4 is 17.1 Å². The zero-order valence-electron chi connectivity index (χ0n) is 10.2. The summed E-state index contributed by atoms with van der Waals surface area (Å²) in [6.07, 6.45) is 2.48. The largest absolute Gasteiger partial charge is 0.459 e. The fourth-order valence-electron chi connectivity index (χ4n) is 1.45. The molecule has 0 saturated heterocycles. The second-order valence-electron chi connectivity index (χ2n) is 3.72. The molecule has 2 heterocycles. The number of carbonyl (C=O) groups excluding carboxylic acids is 1. The van der Waals surface area contributed by atoms with E-state index < -0.39 is 5.97 Å². The Balaban J connectivity index is 1.88. The van der Waals surface area contributed by atoms with Crippen molar-refractivity contribution in [3.05, 3.63) is 24.2 Å². The van der Waals surface area contributed by atoms with Crippen LogP contribution in [-0.2, 0) is 9.47 Å². The van der Waals surface area contributed by atoms with Crippen molar-refractivity contribution in [3.63, 3.8) is 0 Å². The molecule has 2 aromatic rings. The molecule has 0 aromatic carbocycles. The first-order chi connectivity index (χ1) is 8.81. The number of imidazole rings is 1. The van der Waals surface area contributed by atoms with Gasteiger partial charge in [0, 0.05) is 6.61 Å². The molecule has 0 aliphatic carbocycles. The Bertz CT molecular complexity index is 524. The minimum Gasteiger partial charge on any atom is -0.459 e. The van der Waals surface area contributed by atoms with Gasteiger partial charge in [-0.3, -0.25) is 0 Å². The lowest BCUT2D eigenvalue weighted by atomic mass is 10.3. The van der Waals surface area contributed by atoms with Crippen LogP contribution in [-0.4, -0.2) is 40.7 Å². The smallest absolute Gasteiger partial charge is 0.357 e. The van der Waals surface area contributed by atoms with E-state index in [1.807, 2.05) is 6.92 Å². The fourth-order valence-corrected chi connectivity index (χ4v) is 1.45. The summed E-state index contributed by atoms with van der Waals surface area (Å²) in [5.41, 5.74) is 1.55. The number of fused-ring (bicyclic) bond motifs is 1. The maximum absolute atomic E-state index is 11.7. The molecule has 0 unspecified atom stereocenters. The van der Waals surface area contributed by atoms with E-state index in [1.165, 1.54) is 6.33 Å². The first-order valence-electron chi connectivity index (χ1n) is 5.86. The van der Waals surface area contributed by atoms with Gasteiger partial charge in [-0.25, -0.2) is 14.8 Å². The van der Waals surface area contributed by atoms with Crippen molar-refractivity contribution in [2.45, 2.75) is 13.3 Å². The van der Waals surface area contributed by atoms with Gasteiger partial charge >= 0.3 is 5.97 Å². The monoisotopic (exact) mass is 249 g/mol. The van der Waals surface area contributed by atoms with Gasteiger partial charge in [0.15, 0.2) is 11.3 Å². The minimum atomic E-state index is -0.458. The van der Waals surface area contributed by atoms with E-state index in [9.17, 15) is 4.79 Å². The number of nitrogens with zero attached hydrogens (tertiary/aromatic N) is 2. The lowest BCUT2D eigenvalue weighted by Gasteiger charge is -2.04. The van der Waals surface area contributed by atoms with Crippen molar-refractivity contribution in [3.8, 4) is 0 Å². The molecule has 0 atom stereocenters. The van der Waals surface area contributed by atoms with Gasteiger partial charge in [0.25, 0.3) is 0 Å². The van der Waals surface area contributed by atoms with Crippen LogP contribution in [0, 0.1) is 0 Å². The summed E-state index contributed by atoms with van der Waals surface area (Å²) in [6, 6.07) is 3.36. The molecule has 0 saturated carbocycles. The number of esters is 1. The van der Waals surface area contributed by atoms with Crippen LogP contribution in [0.15, 0.2) is 18.5 Å². The highest BCUT2D eigenvalue weighted by Crippen LogP contribution is 2.07. The van der Waals surface area contributed by atoms with E-state index in [0.29, 0.717) is 18.9 Å². The highest BCUT2D eigenvalue weighted by molar-refractivity contribution is 5.89. The topological polar surface area (TPSA) is 77.1 Å². The summed E-state index contributed by atoms with van der Waals surface area (Å²) in [5.74, 6) is -0.458. The molecule has 0 fully saturated rings. The summed E-state index contributed by atoms with van der Waals surface area (Å²) in [5, 5.41) is 0. The molecule has 1 N–H and O–H groups in total. The van der Waals surface area contributed by atoms with Crippen LogP contribution >= 0.6 is 0 Å². The van der Waals surface area contributed by atoms with Crippen LogP contribution in [0.25, 0.3) is 11.2 Å². The van der Waals surface area contributed by atoms with Gasteiger partial charge < -0.3 is 14.5 Å². The molecule has 0 radical (unpaired) electrons. The third kappa shape index (κ3) is 3.04. The number of aromatic nitrogens is 3. The van der Waals surface area contributed by atoms with Crippen LogP contribution < -0.4 is 0 Å². The van der Waals surface area contributed by atoms with Gasteiger partial charge in [-0.15, -0.1) is 0 Å². The number of hydrogen-bond donors (Lipinski definition) is 1. The number of rotatable bonds is 6. The van der Waals surface area contributed by atoms with Crippen LogP contribution in [0.4, 0.5) is 0 Å². The number of H-pyrrole nitrogens is 1. The Hall–Kier alpha value is -1.95. The molecule has 0 aliphatic rings. The molecule has 2 aromatic heterocycles. The lowest BCUT2D eigenvalue weighted by Crippen LogP contribution is -2.12. The van der Waals surface area contributed by atoms with E-state index in [4.69, 9.17) is 9.47 Å². The zero-order chi connectivity index (χ0) is 12.8. The van der Waals surface area contributed by atoms with Crippen molar-refractivity contribution < 1.29 is 14.3 Å². The maximum Gasteiger partial charge on any atom is 0.357 e. The summed E-state index contributed by atoms with van der Waals surface area (Å²) >= 11 is 0. The van der Waals surface area contributed by atoms with Gasteiger partial charge in [-0.1, -0.05) is 6.92 Å². The van der Waals surface area contributed by atoms with E-state index >= 15 is 0 Å². The number of carbonyl (C=O) groups is 1. The molecule has 6 nitrogen and oxygen atoms in total. The SMILES string of the molecule is CCCOCCOC(=O)c1ccc2[nH]cnc2n1. The first kappa shape index (κ1) is 12.5. The van der Waals surface area contributed by atoms with Gasteiger partial charge in [0.2, 0.25) is 0 Å². The average molecular weight is 249 g/mol. The Kier molecular flexibility index (Phi) is 4.25. The molecule has 2 rings (SSSR count). The third-order valence-corrected chi connectivity index (χ3v) is 2.30. The average Bonchev–Trinajstić information content (AvgIpc) is 2.85. The van der Waals surface area contributed by atoms with Crippen LogP contribution in [0.1, 0.15) is 23.8 Å². The van der Waals surface area contributed by atoms with Gasteiger partial charge in [0.1, 0.15) is 6.61 Å². The Morgan fingerprint density at radius 2 is 2.22 bits per heavy atom. The Morgan fingerprint density at radius 1 is 1.33 bits per heavy atom. The Morgan fingerprint density at radius 3 is 3.06 bits per heavy atom. The quantitative estimate of drug-likeness (QED) is 0.620. The van der Waals surface area contributed by atoms with Crippen LogP contribution in [0.5, 0.6) is 0 Å². The number of nitrogens with one attached hydrogen (secondary N) is 1. The van der Waals surface area contributed by atoms with Crippen molar-refractivity contribution in [2.75, 3.05) is 19.8 Å².